The number of hydrogen-bond acceptors (Lipinski definition) is 4. The number of rotatable bonds is 6. The molecular weight excluding hydrogens is 522 g/mol. The van der Waals surface area contributed by atoms with Crippen LogP contribution in [0.15, 0.2) is 0 Å². The first-order valence-electron chi connectivity index (χ1n) is 15.9. The molecule has 0 unspecified atom stereocenters. The van der Waals surface area contributed by atoms with Crippen LogP contribution in [0.3, 0.4) is 0 Å². The molecule has 236 valence electrons. The molecule has 0 N–H and O–H groups in total. The van der Waals surface area contributed by atoms with E-state index in [1.807, 2.05) is 0 Å². The Hall–Kier alpha value is 0.404. The van der Waals surface area contributed by atoms with Gasteiger partial charge < -0.3 is 18.1 Å². The van der Waals surface area contributed by atoms with E-state index in [4.69, 9.17) is 9.31 Å². The van der Waals surface area contributed by atoms with E-state index >= 15 is 0 Å². The minimum Gasteiger partial charge on any atom is -0.402 e. The van der Waals surface area contributed by atoms with Gasteiger partial charge in [-0.3, -0.25) is 0 Å². The fraction of sp³-hybridized carbons (Fsp3) is 1.00. The third kappa shape index (κ3) is 6.29. The van der Waals surface area contributed by atoms with Crippen molar-refractivity contribution in [1.29, 1.82) is 0 Å². The molecule has 0 amide bonds. The van der Waals surface area contributed by atoms with Crippen molar-refractivity contribution in [3.05, 3.63) is 0 Å². The van der Waals surface area contributed by atoms with Gasteiger partial charge in [0.05, 0.1) is 11.2 Å². The molecule has 0 aromatic rings. The van der Waals surface area contributed by atoms with Gasteiger partial charge in [0, 0.05) is 0 Å². The second-order valence-electron chi connectivity index (χ2n) is 20.9. The Labute approximate surface area is 256 Å². The van der Waals surface area contributed by atoms with Gasteiger partial charge in [0.25, 0.3) is 0 Å². The molecule has 1 rings (SSSR count). The Kier molecular flexibility index (Phi) is 10.1. The van der Waals surface area contributed by atoms with E-state index in [2.05, 4.69) is 173 Å². The van der Waals surface area contributed by atoms with Crippen molar-refractivity contribution in [1.82, 2.24) is 8.78 Å². The van der Waals surface area contributed by atoms with Gasteiger partial charge in [-0.15, -0.1) is 0 Å². The van der Waals surface area contributed by atoms with E-state index in [1.165, 1.54) is 0 Å². The Balaban J connectivity index is 4.09. The van der Waals surface area contributed by atoms with Crippen LogP contribution in [0.2, 0.25) is 39.3 Å². The van der Waals surface area contributed by atoms with E-state index in [0.717, 1.165) is 0 Å². The lowest BCUT2D eigenvalue weighted by Crippen LogP contribution is -2.92. The molecular formula is C32H72B2N2O2Si2. The highest BCUT2D eigenvalue weighted by atomic mass is 28.3. The molecule has 0 spiro atoms. The molecule has 0 aliphatic carbocycles. The molecule has 0 atom stereocenters. The Morgan fingerprint density at radius 1 is 0.350 bits per heavy atom. The van der Waals surface area contributed by atoms with Crippen LogP contribution in [0.5, 0.6) is 0 Å². The first-order chi connectivity index (χ1) is 16.9. The van der Waals surface area contributed by atoms with Crippen LogP contribution >= 0.6 is 0 Å². The van der Waals surface area contributed by atoms with E-state index in [-0.39, 0.29) is 46.9 Å². The zero-order valence-corrected chi connectivity index (χ0v) is 33.9. The highest BCUT2D eigenvalue weighted by Gasteiger charge is 2.72. The molecule has 1 fully saturated rings. The number of hydrogen-bond donors (Lipinski definition) is 0. The Morgan fingerprint density at radius 3 is 0.600 bits per heavy atom. The third-order valence-electron chi connectivity index (χ3n) is 9.40. The van der Waals surface area contributed by atoms with Crippen molar-refractivity contribution >= 4 is 30.8 Å². The van der Waals surface area contributed by atoms with Gasteiger partial charge in [-0.2, -0.15) is 0 Å². The molecule has 0 bridgehead atoms. The van der Waals surface area contributed by atoms with Crippen LogP contribution in [0, 0.1) is 32.5 Å². The predicted molar refractivity (Wildman–Crippen MR) is 186 cm³/mol. The van der Waals surface area contributed by atoms with Crippen molar-refractivity contribution in [2.75, 3.05) is 0 Å². The average Bonchev–Trinajstić information content (AvgIpc) is 2.49. The molecule has 1 heterocycles. The zero-order valence-electron chi connectivity index (χ0n) is 31.9. The van der Waals surface area contributed by atoms with Crippen LogP contribution in [0.4, 0.5) is 0 Å². The Bertz CT molecular complexity index is 730. The quantitative estimate of drug-likeness (QED) is 0.286. The SMILES string of the molecule is CC(C)(C)C(OB1N([Si](C)(C)C)B(OC(C(C)(C)C)(C(C)(C)C)C(C)(C)C)N1[Si](C)(C)C)(C(C)(C)C)C(C)(C)C. The lowest BCUT2D eigenvalue weighted by molar-refractivity contribution is -0.203. The fourth-order valence-electron chi connectivity index (χ4n) is 10.1. The summed E-state index contributed by atoms with van der Waals surface area (Å²) in [4.78, 5) is 0. The molecule has 1 saturated heterocycles. The average molecular weight is 595 g/mol. The summed E-state index contributed by atoms with van der Waals surface area (Å²) in [7, 11) is -4.05. The van der Waals surface area contributed by atoms with Gasteiger partial charge in [-0.1, -0.05) is 164 Å². The molecule has 40 heavy (non-hydrogen) atoms. The molecule has 1 aliphatic rings. The largest absolute Gasteiger partial charge is 0.448 e. The van der Waals surface area contributed by atoms with Crippen LogP contribution in [-0.4, -0.2) is 50.8 Å². The molecule has 1 aliphatic heterocycles. The van der Waals surface area contributed by atoms with Crippen molar-refractivity contribution in [3.8, 4) is 0 Å². The summed E-state index contributed by atoms with van der Waals surface area (Å²) >= 11 is 0. The first-order valence-corrected chi connectivity index (χ1v) is 22.8. The molecule has 0 aromatic heterocycles. The highest BCUT2D eigenvalue weighted by molar-refractivity contribution is 7.06. The minimum atomic E-state index is -1.91. The van der Waals surface area contributed by atoms with Crippen LogP contribution in [0.25, 0.3) is 0 Å². The molecule has 4 nitrogen and oxygen atoms in total. The van der Waals surface area contributed by atoms with E-state index in [1.54, 1.807) is 0 Å². The summed E-state index contributed by atoms with van der Waals surface area (Å²) < 4.78 is 20.9. The molecule has 0 radical (unpaired) electrons. The molecule has 0 saturated carbocycles. The lowest BCUT2D eigenvalue weighted by atomic mass is 9.50. The maximum atomic E-state index is 7.79. The monoisotopic (exact) mass is 595 g/mol. The van der Waals surface area contributed by atoms with Crippen LogP contribution in [0.1, 0.15) is 125 Å². The smallest absolute Gasteiger partial charge is 0.402 e. The van der Waals surface area contributed by atoms with Gasteiger partial charge in [0.2, 0.25) is 0 Å². The minimum absolute atomic E-state index is 0.0857. The Morgan fingerprint density at radius 2 is 0.500 bits per heavy atom. The summed E-state index contributed by atoms with van der Waals surface area (Å²) in [6.07, 6.45) is 0. The lowest BCUT2D eigenvalue weighted by Gasteiger charge is -2.70. The van der Waals surface area contributed by atoms with E-state index in [0.29, 0.717) is 0 Å². The maximum absolute atomic E-state index is 7.79. The zero-order chi connectivity index (χ0) is 32.7. The van der Waals surface area contributed by atoms with Gasteiger partial charge in [-0.05, 0) is 32.5 Å². The van der Waals surface area contributed by atoms with Gasteiger partial charge >= 0.3 is 14.4 Å². The predicted octanol–water partition coefficient (Wildman–Crippen LogP) is 10.0. The summed E-state index contributed by atoms with van der Waals surface area (Å²) in [5.74, 6) is 0. The molecule has 0 aromatic carbocycles. The second-order valence-corrected chi connectivity index (χ2v) is 30.6. The van der Waals surface area contributed by atoms with Crippen molar-refractivity contribution in [2.45, 2.75) is 175 Å². The van der Waals surface area contributed by atoms with Crippen molar-refractivity contribution in [3.63, 3.8) is 0 Å². The van der Waals surface area contributed by atoms with Gasteiger partial charge in [0.15, 0.2) is 0 Å². The van der Waals surface area contributed by atoms with Crippen LogP contribution < -0.4 is 0 Å². The van der Waals surface area contributed by atoms with E-state index in [9.17, 15) is 0 Å². The summed E-state index contributed by atoms with van der Waals surface area (Å²) in [5, 5.41) is 0. The van der Waals surface area contributed by atoms with Crippen molar-refractivity contribution < 1.29 is 9.31 Å². The van der Waals surface area contributed by atoms with Gasteiger partial charge in [0.1, 0.15) is 16.5 Å². The second kappa shape index (κ2) is 10.5. The maximum Gasteiger partial charge on any atom is 0.448 e. The van der Waals surface area contributed by atoms with Gasteiger partial charge in [-0.25, -0.2) is 0 Å². The number of nitrogens with zero attached hydrogens (tertiary/aromatic N) is 2. The van der Waals surface area contributed by atoms with Crippen LogP contribution in [-0.2, 0) is 9.31 Å². The topological polar surface area (TPSA) is 24.9 Å². The normalized spacial score (nSPS) is 18.9. The summed E-state index contributed by atoms with van der Waals surface area (Å²) in [5.41, 5.74) is -1.30. The summed E-state index contributed by atoms with van der Waals surface area (Å²) in [6, 6.07) is 0. The third-order valence-corrected chi connectivity index (χ3v) is 13.4. The molecule has 8 heteroatoms. The fourth-order valence-corrected chi connectivity index (χ4v) is 13.7. The summed E-state index contributed by atoms with van der Waals surface area (Å²) in [6.45, 7) is 57.5. The standard InChI is InChI=1S/C32H72B2N2O2Si2/c1-25(2,3)31(26(4,5)6,27(7,8)9)37-33-35(39(19,20)21)34(36(33)40(22,23)24)38-32(28(10,11)12,29(13,14)15)30(16,17)18/h1-24H3. The van der Waals surface area contributed by atoms with E-state index < -0.39 is 27.7 Å². The first kappa shape index (κ1) is 38.4. The van der Waals surface area contributed by atoms with Crippen molar-refractivity contribution in [2.24, 2.45) is 32.5 Å². The highest BCUT2D eigenvalue weighted by Crippen LogP contribution is 2.60.